The number of halogens is 2. The van der Waals surface area contributed by atoms with Crippen molar-refractivity contribution in [1.29, 1.82) is 0 Å². The van der Waals surface area contributed by atoms with Gasteiger partial charge < -0.3 is 15.0 Å². The van der Waals surface area contributed by atoms with Gasteiger partial charge >= 0.3 is 6.01 Å². The van der Waals surface area contributed by atoms with E-state index in [4.69, 9.17) is 16.3 Å². The average Bonchev–Trinajstić information content (AvgIpc) is 3.15. The molecule has 0 amide bonds. The summed E-state index contributed by atoms with van der Waals surface area (Å²) in [5.41, 5.74) is 1.90. The van der Waals surface area contributed by atoms with Gasteiger partial charge in [-0.2, -0.15) is 4.98 Å². The van der Waals surface area contributed by atoms with Crippen molar-refractivity contribution in [3.8, 4) is 11.8 Å². The third-order valence-electron chi connectivity index (χ3n) is 6.15. The summed E-state index contributed by atoms with van der Waals surface area (Å²) in [6.07, 6.45) is 4.08. The molecular weight excluding hydrogens is 419 g/mol. The zero-order valence-electron chi connectivity index (χ0n) is 17.4. The Labute approximate surface area is 185 Å². The van der Waals surface area contributed by atoms with Crippen LogP contribution in [-0.4, -0.2) is 38.9 Å². The third kappa shape index (κ3) is 4.17. The molecule has 1 aliphatic heterocycles. The van der Waals surface area contributed by atoms with Crippen molar-refractivity contribution in [2.45, 2.75) is 25.8 Å². The van der Waals surface area contributed by atoms with E-state index in [1.54, 1.807) is 24.0 Å². The van der Waals surface area contributed by atoms with E-state index in [0.717, 1.165) is 37.2 Å². The van der Waals surface area contributed by atoms with Gasteiger partial charge in [0.25, 0.3) is 0 Å². The number of rotatable bonds is 5. The highest BCUT2D eigenvalue weighted by molar-refractivity contribution is 6.29. The summed E-state index contributed by atoms with van der Waals surface area (Å²) in [6.45, 7) is 3.72. The fourth-order valence-corrected chi connectivity index (χ4v) is 4.96. The molecule has 1 saturated carbocycles. The van der Waals surface area contributed by atoms with Crippen LogP contribution in [0.1, 0.15) is 18.4 Å². The Kier molecular flexibility index (Phi) is 5.17. The van der Waals surface area contributed by atoms with E-state index in [1.165, 1.54) is 12.1 Å². The number of nitrogens with one attached hydrogen (secondary N) is 1. The van der Waals surface area contributed by atoms with E-state index < -0.39 is 0 Å². The first-order valence-electron chi connectivity index (χ1n) is 10.4. The molecule has 0 radical (unpaired) electrons. The Hall–Kier alpha value is -2.87. The number of aromatic nitrogens is 4. The van der Waals surface area contributed by atoms with Gasteiger partial charge in [-0.15, -0.1) is 5.10 Å². The molecule has 31 heavy (non-hydrogen) atoms. The zero-order chi connectivity index (χ0) is 21.5. The van der Waals surface area contributed by atoms with Crippen molar-refractivity contribution in [3.05, 3.63) is 53.1 Å². The first-order valence-corrected chi connectivity index (χ1v) is 10.8. The molecule has 1 saturated heterocycles. The summed E-state index contributed by atoms with van der Waals surface area (Å²) in [5.74, 6) is 1.58. The van der Waals surface area contributed by atoms with Gasteiger partial charge in [0, 0.05) is 44.1 Å². The van der Waals surface area contributed by atoms with E-state index in [1.807, 2.05) is 19.1 Å². The second-order valence-electron chi connectivity index (χ2n) is 8.42. The van der Waals surface area contributed by atoms with Gasteiger partial charge in [-0.25, -0.2) is 14.1 Å². The summed E-state index contributed by atoms with van der Waals surface area (Å²) in [5, 5.41) is 8.52. The lowest BCUT2D eigenvalue weighted by molar-refractivity contribution is 0.376. The molecule has 1 N–H and O–H groups in total. The summed E-state index contributed by atoms with van der Waals surface area (Å²) in [4.78, 5) is 11.0. The third-order valence-corrected chi connectivity index (χ3v) is 6.36. The summed E-state index contributed by atoms with van der Waals surface area (Å²) in [6, 6.07) is 9.13. The van der Waals surface area contributed by atoms with Gasteiger partial charge in [0.2, 0.25) is 5.95 Å². The molecule has 9 heteroatoms. The van der Waals surface area contributed by atoms with Crippen LogP contribution in [0.2, 0.25) is 5.15 Å². The molecule has 1 aliphatic carbocycles. The first-order chi connectivity index (χ1) is 14.9. The SMILES string of the molecule is Cc1cc(F)cc(Oc2nc(N[C@@H]3[C@@H]4CC[C@H]3CN(c3ccnc(Cl)c3)C4)nn2C)c1. The van der Waals surface area contributed by atoms with Gasteiger partial charge in [-0.1, -0.05) is 11.6 Å². The molecule has 2 fully saturated rings. The maximum Gasteiger partial charge on any atom is 0.321 e. The second-order valence-corrected chi connectivity index (χ2v) is 8.80. The standard InChI is InChI=1S/C22H24ClFN6O/c1-13-7-16(24)9-18(8-13)31-22-27-21(28-29(22)2)26-20-14-3-4-15(20)12-30(11-14)17-5-6-25-19(23)10-17/h5-10,14-15,20H,3-4,11-12H2,1-2H3,(H,26,28)/t14-,15+,20-. The van der Waals surface area contributed by atoms with Crippen LogP contribution >= 0.6 is 11.6 Å². The monoisotopic (exact) mass is 442 g/mol. The first kappa shape index (κ1) is 20.1. The number of aryl methyl sites for hydroxylation is 2. The van der Waals surface area contributed by atoms with Crippen LogP contribution in [0.4, 0.5) is 16.0 Å². The molecule has 2 aliphatic rings. The fourth-order valence-electron chi connectivity index (χ4n) is 4.79. The Morgan fingerprint density at radius 2 is 1.94 bits per heavy atom. The Bertz CT molecular complexity index is 1070. The fraction of sp³-hybridized carbons (Fsp3) is 0.409. The number of fused-ring (bicyclic) bond motifs is 2. The maximum atomic E-state index is 13.7. The van der Waals surface area contributed by atoms with Crippen LogP contribution < -0.4 is 15.0 Å². The lowest BCUT2D eigenvalue weighted by Crippen LogP contribution is -2.48. The van der Waals surface area contributed by atoms with Crippen molar-refractivity contribution >= 4 is 23.2 Å². The van der Waals surface area contributed by atoms with Crippen LogP contribution in [0.25, 0.3) is 0 Å². The number of piperidine rings is 1. The highest BCUT2D eigenvalue weighted by Crippen LogP contribution is 2.40. The highest BCUT2D eigenvalue weighted by Gasteiger charge is 2.42. The molecule has 162 valence electrons. The number of ether oxygens (including phenoxy) is 1. The van der Waals surface area contributed by atoms with Crippen LogP contribution in [0.5, 0.6) is 11.8 Å². The quantitative estimate of drug-likeness (QED) is 0.589. The molecule has 0 unspecified atom stereocenters. The molecule has 2 aromatic heterocycles. The zero-order valence-corrected chi connectivity index (χ0v) is 18.2. The number of hydrogen-bond donors (Lipinski definition) is 1. The molecule has 5 rings (SSSR count). The minimum atomic E-state index is -0.339. The van der Waals surface area contributed by atoms with Crippen molar-refractivity contribution in [2.24, 2.45) is 18.9 Å². The summed E-state index contributed by atoms with van der Waals surface area (Å²) in [7, 11) is 1.77. The number of nitrogens with zero attached hydrogens (tertiary/aromatic N) is 5. The number of benzene rings is 1. The van der Waals surface area contributed by atoms with Crippen LogP contribution in [0.15, 0.2) is 36.5 Å². The van der Waals surface area contributed by atoms with Crippen LogP contribution in [0.3, 0.4) is 0 Å². The van der Waals surface area contributed by atoms with Crippen LogP contribution in [-0.2, 0) is 7.05 Å². The normalized spacial score (nSPS) is 22.6. The molecule has 3 atom stereocenters. The van der Waals surface area contributed by atoms with Crippen molar-refractivity contribution in [3.63, 3.8) is 0 Å². The van der Waals surface area contributed by atoms with Gasteiger partial charge in [0.05, 0.1) is 0 Å². The Morgan fingerprint density at radius 1 is 1.16 bits per heavy atom. The van der Waals surface area contributed by atoms with Gasteiger partial charge in [-0.3, -0.25) is 0 Å². The minimum absolute atomic E-state index is 0.306. The van der Waals surface area contributed by atoms with E-state index in [2.05, 4.69) is 25.3 Å². The molecular formula is C22H24ClFN6O. The van der Waals surface area contributed by atoms with Gasteiger partial charge in [0.1, 0.15) is 16.7 Å². The molecule has 3 heterocycles. The average molecular weight is 443 g/mol. The van der Waals surface area contributed by atoms with Gasteiger partial charge in [-0.05, 0) is 61.4 Å². The number of hydrogen-bond acceptors (Lipinski definition) is 6. The van der Waals surface area contributed by atoms with Crippen molar-refractivity contribution in [1.82, 2.24) is 19.7 Å². The molecule has 2 bridgehead atoms. The second kappa shape index (κ2) is 8.00. The lowest BCUT2D eigenvalue weighted by atomic mass is 9.92. The highest BCUT2D eigenvalue weighted by atomic mass is 35.5. The summed E-state index contributed by atoms with van der Waals surface area (Å²) >= 11 is 6.08. The predicted octanol–water partition coefficient (Wildman–Crippen LogP) is 4.43. The number of anilines is 2. The maximum absolute atomic E-state index is 13.7. The molecule has 7 nitrogen and oxygen atoms in total. The Balaban J connectivity index is 1.28. The van der Waals surface area contributed by atoms with E-state index in [0.29, 0.717) is 40.7 Å². The molecule has 1 aromatic carbocycles. The topological polar surface area (TPSA) is 68.1 Å². The van der Waals surface area contributed by atoms with Crippen LogP contribution in [0, 0.1) is 24.6 Å². The largest absolute Gasteiger partial charge is 0.424 e. The van der Waals surface area contributed by atoms with Crippen molar-refractivity contribution in [2.75, 3.05) is 23.3 Å². The minimum Gasteiger partial charge on any atom is -0.424 e. The smallest absolute Gasteiger partial charge is 0.321 e. The molecule has 3 aromatic rings. The lowest BCUT2D eigenvalue weighted by Gasteiger charge is -2.39. The predicted molar refractivity (Wildman–Crippen MR) is 117 cm³/mol. The summed E-state index contributed by atoms with van der Waals surface area (Å²) < 4.78 is 21.0. The van der Waals surface area contributed by atoms with E-state index in [-0.39, 0.29) is 5.82 Å². The molecule has 0 spiro atoms. The number of pyridine rings is 1. The van der Waals surface area contributed by atoms with E-state index in [9.17, 15) is 4.39 Å². The van der Waals surface area contributed by atoms with Crippen molar-refractivity contribution < 1.29 is 9.13 Å². The Morgan fingerprint density at radius 3 is 2.65 bits per heavy atom. The van der Waals surface area contributed by atoms with E-state index >= 15 is 0 Å². The van der Waals surface area contributed by atoms with Gasteiger partial charge in [0.15, 0.2) is 0 Å².